The lowest BCUT2D eigenvalue weighted by molar-refractivity contribution is -0.385. The van der Waals surface area contributed by atoms with Crippen LogP contribution in [0.4, 0.5) is 11.4 Å². The Kier molecular flexibility index (Phi) is 5.63. The van der Waals surface area contributed by atoms with E-state index in [-0.39, 0.29) is 17.1 Å². The van der Waals surface area contributed by atoms with Crippen molar-refractivity contribution >= 4 is 21.4 Å². The Hall–Kier alpha value is -2.61. The second-order valence-corrected chi connectivity index (χ2v) is 7.16. The van der Waals surface area contributed by atoms with Crippen LogP contribution < -0.4 is 9.04 Å². The summed E-state index contributed by atoms with van der Waals surface area (Å²) in [5.74, 6) is 0.644. The van der Waals surface area contributed by atoms with Crippen LogP contribution >= 0.6 is 0 Å². The number of hydrogen-bond acceptors (Lipinski definition) is 5. The fourth-order valence-electron chi connectivity index (χ4n) is 2.44. The van der Waals surface area contributed by atoms with Crippen molar-refractivity contribution in [2.24, 2.45) is 0 Å². The van der Waals surface area contributed by atoms with Crippen LogP contribution in [0.1, 0.15) is 19.4 Å². The molecule has 2 aromatic rings. The molecule has 0 bridgehead atoms. The van der Waals surface area contributed by atoms with E-state index in [1.165, 1.54) is 16.4 Å². The standard InChI is InChI=1S/C17H20N2O5S/c1-4-18(14-7-9-15(10-8-14)24-5-2)25(22,23)16-11-6-13(3)17(12-16)19(20)21/h6-12H,4-5H2,1-3H3. The largest absolute Gasteiger partial charge is 0.494 e. The lowest BCUT2D eigenvalue weighted by atomic mass is 10.2. The molecule has 0 aromatic heterocycles. The zero-order chi connectivity index (χ0) is 18.6. The van der Waals surface area contributed by atoms with Gasteiger partial charge in [-0.05, 0) is 51.1 Å². The van der Waals surface area contributed by atoms with E-state index >= 15 is 0 Å². The average Bonchev–Trinajstić information content (AvgIpc) is 2.57. The van der Waals surface area contributed by atoms with E-state index in [1.54, 1.807) is 38.1 Å². The molecule has 8 heteroatoms. The van der Waals surface area contributed by atoms with E-state index < -0.39 is 14.9 Å². The van der Waals surface area contributed by atoms with Gasteiger partial charge in [-0.2, -0.15) is 0 Å². The van der Waals surface area contributed by atoms with Gasteiger partial charge >= 0.3 is 0 Å². The normalized spacial score (nSPS) is 11.2. The zero-order valence-electron chi connectivity index (χ0n) is 14.3. The highest BCUT2D eigenvalue weighted by molar-refractivity contribution is 7.92. The van der Waals surface area contributed by atoms with Crippen molar-refractivity contribution in [2.75, 3.05) is 17.5 Å². The van der Waals surface area contributed by atoms with Gasteiger partial charge in [0.05, 0.1) is 22.1 Å². The summed E-state index contributed by atoms with van der Waals surface area (Å²) in [5.41, 5.74) is 0.658. The van der Waals surface area contributed by atoms with Crippen molar-refractivity contribution < 1.29 is 18.1 Å². The van der Waals surface area contributed by atoms with Gasteiger partial charge in [-0.15, -0.1) is 0 Å². The molecule has 0 unspecified atom stereocenters. The lowest BCUT2D eigenvalue weighted by Crippen LogP contribution is -2.30. The van der Waals surface area contributed by atoms with E-state index in [9.17, 15) is 18.5 Å². The Balaban J connectivity index is 2.45. The Morgan fingerprint density at radius 3 is 2.28 bits per heavy atom. The molecule has 0 aliphatic rings. The molecule has 0 aliphatic carbocycles. The average molecular weight is 364 g/mol. The Bertz CT molecular complexity index is 863. The summed E-state index contributed by atoms with van der Waals surface area (Å²) >= 11 is 0. The first kappa shape index (κ1) is 18.7. The Morgan fingerprint density at radius 1 is 1.12 bits per heavy atom. The van der Waals surface area contributed by atoms with Crippen molar-refractivity contribution in [1.29, 1.82) is 0 Å². The highest BCUT2D eigenvalue weighted by Gasteiger charge is 2.26. The quantitative estimate of drug-likeness (QED) is 0.554. The Morgan fingerprint density at radius 2 is 1.76 bits per heavy atom. The lowest BCUT2D eigenvalue weighted by Gasteiger charge is -2.23. The molecule has 2 rings (SSSR count). The summed E-state index contributed by atoms with van der Waals surface area (Å²) in [6.07, 6.45) is 0. The number of benzene rings is 2. The molecule has 0 amide bonds. The third kappa shape index (κ3) is 3.90. The maximum Gasteiger partial charge on any atom is 0.273 e. The van der Waals surface area contributed by atoms with Crippen molar-refractivity contribution in [3.63, 3.8) is 0 Å². The molecule has 2 aromatic carbocycles. The van der Waals surface area contributed by atoms with E-state index in [0.717, 1.165) is 6.07 Å². The zero-order valence-corrected chi connectivity index (χ0v) is 15.1. The van der Waals surface area contributed by atoms with Gasteiger partial charge in [0.15, 0.2) is 0 Å². The van der Waals surface area contributed by atoms with Crippen LogP contribution in [-0.2, 0) is 10.0 Å². The molecular formula is C17H20N2O5S. The molecule has 0 atom stereocenters. The molecule has 0 aliphatic heterocycles. The summed E-state index contributed by atoms with van der Waals surface area (Å²) in [6, 6.07) is 10.6. The first-order valence-corrected chi connectivity index (χ1v) is 9.26. The molecule has 0 fully saturated rings. The number of anilines is 1. The van der Waals surface area contributed by atoms with Gasteiger partial charge in [-0.3, -0.25) is 14.4 Å². The van der Waals surface area contributed by atoms with E-state index in [1.807, 2.05) is 6.92 Å². The van der Waals surface area contributed by atoms with Crippen molar-refractivity contribution in [3.05, 3.63) is 58.1 Å². The minimum absolute atomic E-state index is 0.111. The van der Waals surface area contributed by atoms with Crippen LogP contribution in [0.2, 0.25) is 0 Å². The van der Waals surface area contributed by atoms with E-state index in [4.69, 9.17) is 4.74 Å². The number of rotatable bonds is 7. The first-order valence-electron chi connectivity index (χ1n) is 7.82. The predicted octanol–water partition coefficient (Wildman–Crippen LogP) is 3.52. The van der Waals surface area contributed by atoms with Crippen molar-refractivity contribution in [1.82, 2.24) is 0 Å². The molecule has 0 N–H and O–H groups in total. The van der Waals surface area contributed by atoms with E-state index in [2.05, 4.69) is 0 Å². The summed E-state index contributed by atoms with van der Waals surface area (Å²) < 4.78 is 32.4. The summed E-state index contributed by atoms with van der Waals surface area (Å²) in [4.78, 5) is 10.4. The topological polar surface area (TPSA) is 89.8 Å². The number of hydrogen-bond donors (Lipinski definition) is 0. The number of nitro benzene ring substituents is 1. The van der Waals surface area contributed by atoms with Gasteiger partial charge in [-0.25, -0.2) is 8.42 Å². The molecule has 25 heavy (non-hydrogen) atoms. The second kappa shape index (κ2) is 7.52. The van der Waals surface area contributed by atoms with Gasteiger partial charge in [0, 0.05) is 18.2 Å². The van der Waals surface area contributed by atoms with Crippen LogP contribution in [0.5, 0.6) is 5.75 Å². The number of nitro groups is 1. The third-order valence-electron chi connectivity index (χ3n) is 3.69. The smallest absolute Gasteiger partial charge is 0.273 e. The van der Waals surface area contributed by atoms with Crippen molar-refractivity contribution in [3.8, 4) is 5.75 Å². The highest BCUT2D eigenvalue weighted by Crippen LogP contribution is 2.28. The van der Waals surface area contributed by atoms with Crippen molar-refractivity contribution in [2.45, 2.75) is 25.7 Å². The van der Waals surface area contributed by atoms with Gasteiger partial charge < -0.3 is 4.74 Å². The molecule has 0 spiro atoms. The van der Waals surface area contributed by atoms with Gasteiger partial charge in [0.2, 0.25) is 0 Å². The predicted molar refractivity (Wildman–Crippen MR) is 95.7 cm³/mol. The van der Waals surface area contributed by atoms with Crippen LogP contribution in [0, 0.1) is 17.0 Å². The molecular weight excluding hydrogens is 344 g/mol. The summed E-state index contributed by atoms with van der Waals surface area (Å²) in [7, 11) is -3.91. The molecule has 134 valence electrons. The second-order valence-electron chi connectivity index (χ2n) is 5.30. The van der Waals surface area contributed by atoms with Crippen LogP contribution in [0.25, 0.3) is 0 Å². The molecule has 0 saturated carbocycles. The maximum atomic E-state index is 12.9. The summed E-state index contributed by atoms with van der Waals surface area (Å²) in [5, 5.41) is 11.1. The number of aryl methyl sites for hydroxylation is 1. The number of nitrogens with zero attached hydrogens (tertiary/aromatic N) is 2. The highest BCUT2D eigenvalue weighted by atomic mass is 32.2. The van der Waals surface area contributed by atoms with Gasteiger partial charge in [-0.1, -0.05) is 6.07 Å². The number of ether oxygens (including phenoxy) is 1. The molecule has 7 nitrogen and oxygen atoms in total. The SMILES string of the molecule is CCOc1ccc(N(CC)S(=O)(=O)c2ccc(C)c([N+](=O)[O-])c2)cc1. The van der Waals surface area contributed by atoms with Crippen LogP contribution in [-0.4, -0.2) is 26.5 Å². The maximum absolute atomic E-state index is 12.9. The third-order valence-corrected chi connectivity index (χ3v) is 5.59. The van der Waals surface area contributed by atoms with Gasteiger partial charge in [0.1, 0.15) is 5.75 Å². The van der Waals surface area contributed by atoms with Crippen LogP contribution in [0.15, 0.2) is 47.4 Å². The summed E-state index contributed by atoms with van der Waals surface area (Å²) in [6.45, 7) is 5.84. The Labute approximate surface area is 147 Å². The molecule has 0 saturated heterocycles. The molecule has 0 radical (unpaired) electrons. The number of sulfonamides is 1. The minimum Gasteiger partial charge on any atom is -0.494 e. The van der Waals surface area contributed by atoms with E-state index in [0.29, 0.717) is 23.6 Å². The molecule has 0 heterocycles. The van der Waals surface area contributed by atoms with Crippen LogP contribution in [0.3, 0.4) is 0 Å². The fraction of sp³-hybridized carbons (Fsp3) is 0.294. The van der Waals surface area contributed by atoms with Gasteiger partial charge in [0.25, 0.3) is 15.7 Å². The fourth-order valence-corrected chi connectivity index (χ4v) is 3.93. The minimum atomic E-state index is -3.91. The first-order chi connectivity index (χ1) is 11.8. The monoisotopic (exact) mass is 364 g/mol.